The summed E-state index contributed by atoms with van der Waals surface area (Å²) >= 11 is 10.7. The fourth-order valence-electron chi connectivity index (χ4n) is 0.901. The van der Waals surface area contributed by atoms with E-state index in [0.29, 0.717) is 5.70 Å². The molecule has 0 radical (unpaired) electrons. The molecule has 0 aromatic heterocycles. The van der Waals surface area contributed by atoms with Gasteiger partial charge in [-0.25, -0.2) is 0 Å². The van der Waals surface area contributed by atoms with Gasteiger partial charge >= 0.3 is 0 Å². The number of terminal acetylenes is 1. The first-order valence-electron chi connectivity index (χ1n) is 3.83. The summed E-state index contributed by atoms with van der Waals surface area (Å²) < 4.78 is 0. The highest BCUT2D eigenvalue weighted by molar-refractivity contribution is 6.53. The molecular formula is C9H8Cl2N2O. The Balaban J connectivity index is 2.61. The number of dihydropyridines is 1. The van der Waals surface area contributed by atoms with E-state index in [-0.39, 0.29) is 6.04 Å². The van der Waals surface area contributed by atoms with Gasteiger partial charge in [-0.15, -0.1) is 6.42 Å². The first-order chi connectivity index (χ1) is 6.63. The van der Waals surface area contributed by atoms with Crippen LogP contribution in [0.2, 0.25) is 0 Å². The van der Waals surface area contributed by atoms with Crippen LogP contribution in [-0.4, -0.2) is 16.8 Å². The van der Waals surface area contributed by atoms with Crippen LogP contribution in [0, 0.1) is 12.3 Å². The van der Waals surface area contributed by atoms with Crippen molar-refractivity contribution in [3.8, 4) is 12.3 Å². The second-order valence-corrected chi connectivity index (χ2v) is 3.65. The maximum absolute atomic E-state index is 11.1. The summed E-state index contributed by atoms with van der Waals surface area (Å²) in [5, 5.41) is 5.41. The number of amides is 1. The average molecular weight is 231 g/mol. The normalized spacial score (nSPS) is 19.6. The lowest BCUT2D eigenvalue weighted by Gasteiger charge is -2.14. The molecule has 0 fully saturated rings. The molecule has 1 heterocycles. The Labute approximate surface area is 92.1 Å². The molecule has 3 nitrogen and oxygen atoms in total. The van der Waals surface area contributed by atoms with Crippen LogP contribution in [0.25, 0.3) is 0 Å². The van der Waals surface area contributed by atoms with Gasteiger partial charge in [-0.1, -0.05) is 29.1 Å². The van der Waals surface area contributed by atoms with Crippen LogP contribution in [-0.2, 0) is 4.79 Å². The minimum absolute atomic E-state index is 0.223. The Kier molecular flexibility index (Phi) is 3.87. The molecule has 74 valence electrons. The molecular weight excluding hydrogens is 223 g/mol. The van der Waals surface area contributed by atoms with Gasteiger partial charge in [0.05, 0.1) is 0 Å². The minimum Gasteiger partial charge on any atom is -0.374 e. The van der Waals surface area contributed by atoms with Crippen LogP contribution in [0.15, 0.2) is 24.0 Å². The summed E-state index contributed by atoms with van der Waals surface area (Å²) in [6.45, 7) is 0. The molecule has 14 heavy (non-hydrogen) atoms. The van der Waals surface area contributed by atoms with Gasteiger partial charge in [0.25, 0.3) is 5.91 Å². The highest BCUT2D eigenvalue weighted by Crippen LogP contribution is 2.05. The molecule has 2 N–H and O–H groups in total. The monoisotopic (exact) mass is 230 g/mol. The Hall–Kier alpha value is -1.11. The van der Waals surface area contributed by atoms with E-state index in [0.717, 1.165) is 0 Å². The quantitative estimate of drug-likeness (QED) is 0.547. The predicted molar refractivity (Wildman–Crippen MR) is 56.6 cm³/mol. The van der Waals surface area contributed by atoms with Crippen molar-refractivity contribution in [2.75, 3.05) is 0 Å². The molecule has 0 bridgehead atoms. The summed E-state index contributed by atoms with van der Waals surface area (Å²) in [4.78, 5) is 10.0. The molecule has 0 aromatic rings. The van der Waals surface area contributed by atoms with Crippen molar-refractivity contribution in [2.24, 2.45) is 0 Å². The number of hydrogen-bond donors (Lipinski definition) is 2. The van der Waals surface area contributed by atoms with E-state index in [1.807, 2.05) is 0 Å². The highest BCUT2D eigenvalue weighted by Gasteiger charge is 2.13. The summed E-state index contributed by atoms with van der Waals surface area (Å²) in [6.07, 6.45) is 10.2. The minimum atomic E-state index is -1.08. The Bertz CT molecular complexity index is 328. The molecule has 1 amide bonds. The zero-order valence-corrected chi connectivity index (χ0v) is 8.64. The standard InChI is InChI=1S/C9H8Cl2N2O/c1-2-6-5-7(3-4-12-6)13-9(14)8(10)11/h1,3-6,8,12H,(H,13,14). The Morgan fingerprint density at radius 3 is 3.00 bits per heavy atom. The van der Waals surface area contributed by atoms with Gasteiger partial charge in [-0.2, -0.15) is 0 Å². The SMILES string of the molecule is C#CC1C=C(NC(=O)C(Cl)Cl)C=CN1. The zero-order chi connectivity index (χ0) is 10.6. The van der Waals surface area contributed by atoms with E-state index in [2.05, 4.69) is 16.6 Å². The van der Waals surface area contributed by atoms with Crippen molar-refractivity contribution < 1.29 is 4.79 Å². The number of rotatable bonds is 2. The van der Waals surface area contributed by atoms with E-state index in [1.165, 1.54) is 0 Å². The van der Waals surface area contributed by atoms with Crippen molar-refractivity contribution in [3.05, 3.63) is 24.0 Å². The molecule has 1 rings (SSSR count). The Morgan fingerprint density at radius 2 is 2.43 bits per heavy atom. The maximum Gasteiger partial charge on any atom is 0.257 e. The van der Waals surface area contributed by atoms with Gasteiger partial charge in [-0.05, 0) is 18.4 Å². The number of hydrogen-bond acceptors (Lipinski definition) is 2. The van der Waals surface area contributed by atoms with Gasteiger partial charge in [0.1, 0.15) is 6.04 Å². The van der Waals surface area contributed by atoms with E-state index in [9.17, 15) is 4.79 Å². The van der Waals surface area contributed by atoms with Gasteiger partial charge in [0.2, 0.25) is 0 Å². The van der Waals surface area contributed by atoms with Gasteiger partial charge < -0.3 is 10.6 Å². The molecule has 5 heteroatoms. The van der Waals surface area contributed by atoms with Gasteiger partial charge in [-0.3, -0.25) is 4.79 Å². The summed E-state index contributed by atoms with van der Waals surface area (Å²) in [7, 11) is 0. The molecule has 0 spiro atoms. The Morgan fingerprint density at radius 1 is 1.71 bits per heavy atom. The first-order valence-corrected chi connectivity index (χ1v) is 4.70. The lowest BCUT2D eigenvalue weighted by Crippen LogP contribution is -2.31. The smallest absolute Gasteiger partial charge is 0.257 e. The molecule has 1 atom stereocenters. The topological polar surface area (TPSA) is 41.1 Å². The van der Waals surface area contributed by atoms with Crippen molar-refractivity contribution in [1.82, 2.24) is 10.6 Å². The van der Waals surface area contributed by atoms with Crippen LogP contribution >= 0.6 is 23.2 Å². The van der Waals surface area contributed by atoms with Crippen molar-refractivity contribution >= 4 is 29.1 Å². The van der Waals surface area contributed by atoms with E-state index >= 15 is 0 Å². The van der Waals surface area contributed by atoms with Crippen LogP contribution in [0.5, 0.6) is 0 Å². The van der Waals surface area contributed by atoms with Crippen molar-refractivity contribution in [2.45, 2.75) is 10.9 Å². The van der Waals surface area contributed by atoms with Crippen molar-refractivity contribution in [3.63, 3.8) is 0 Å². The zero-order valence-electron chi connectivity index (χ0n) is 7.13. The molecule has 0 aliphatic carbocycles. The third-order valence-corrected chi connectivity index (χ3v) is 1.93. The average Bonchev–Trinajstić information content (AvgIpc) is 2.18. The van der Waals surface area contributed by atoms with Crippen LogP contribution in [0.3, 0.4) is 0 Å². The number of carbonyl (C=O) groups excluding carboxylic acids is 1. The molecule has 1 unspecified atom stereocenters. The van der Waals surface area contributed by atoms with Gasteiger partial charge in [0, 0.05) is 5.70 Å². The summed E-state index contributed by atoms with van der Waals surface area (Å²) in [5.41, 5.74) is 0.586. The summed E-state index contributed by atoms with van der Waals surface area (Å²) in [5.74, 6) is 2.01. The third kappa shape index (κ3) is 2.99. The summed E-state index contributed by atoms with van der Waals surface area (Å²) in [6, 6.07) is -0.223. The van der Waals surface area contributed by atoms with E-state index < -0.39 is 10.7 Å². The molecule has 1 aliphatic heterocycles. The molecule has 1 aliphatic rings. The number of carbonyl (C=O) groups is 1. The number of allylic oxidation sites excluding steroid dienone is 1. The lowest BCUT2D eigenvalue weighted by atomic mass is 10.2. The predicted octanol–water partition coefficient (Wildman–Crippen LogP) is 0.909. The maximum atomic E-state index is 11.1. The second-order valence-electron chi connectivity index (χ2n) is 2.56. The lowest BCUT2D eigenvalue weighted by molar-refractivity contribution is -0.118. The largest absolute Gasteiger partial charge is 0.374 e. The van der Waals surface area contributed by atoms with E-state index in [1.54, 1.807) is 18.4 Å². The molecule has 0 saturated carbocycles. The fraction of sp³-hybridized carbons (Fsp3) is 0.222. The van der Waals surface area contributed by atoms with Crippen LogP contribution < -0.4 is 10.6 Å². The molecule has 0 saturated heterocycles. The number of nitrogens with one attached hydrogen (secondary N) is 2. The van der Waals surface area contributed by atoms with E-state index in [4.69, 9.17) is 29.6 Å². The first kappa shape index (κ1) is 11.0. The highest BCUT2D eigenvalue weighted by atomic mass is 35.5. The van der Waals surface area contributed by atoms with Crippen LogP contribution in [0.1, 0.15) is 0 Å². The van der Waals surface area contributed by atoms with Crippen LogP contribution in [0.4, 0.5) is 0 Å². The van der Waals surface area contributed by atoms with Crippen molar-refractivity contribution in [1.29, 1.82) is 0 Å². The van der Waals surface area contributed by atoms with Gasteiger partial charge in [0.15, 0.2) is 4.84 Å². The molecule has 0 aromatic carbocycles. The third-order valence-electron chi connectivity index (χ3n) is 1.53. The fourth-order valence-corrected chi connectivity index (χ4v) is 1.01. The number of alkyl halides is 2. The second kappa shape index (κ2) is 4.94. The number of halogens is 2.